The van der Waals surface area contributed by atoms with Crippen molar-refractivity contribution in [1.82, 2.24) is 15.2 Å². The second-order valence-electron chi connectivity index (χ2n) is 7.97. The van der Waals surface area contributed by atoms with Gasteiger partial charge in [-0.25, -0.2) is 4.99 Å². The normalized spacial score (nSPS) is 13.7. The van der Waals surface area contributed by atoms with Gasteiger partial charge in [0.2, 0.25) is 0 Å². The molecule has 0 bridgehead atoms. The molecule has 7 nitrogen and oxygen atoms in total. The summed E-state index contributed by atoms with van der Waals surface area (Å²) in [6.07, 6.45) is 5.29. The lowest BCUT2D eigenvalue weighted by molar-refractivity contribution is -0.112. The number of aromatic amines is 2. The Morgan fingerprint density at radius 2 is 2.03 bits per heavy atom. The molecule has 0 aliphatic carbocycles. The van der Waals surface area contributed by atoms with Crippen LogP contribution in [0, 0.1) is 6.92 Å². The third kappa shape index (κ3) is 4.70. The molecular formula is C25H23N5O2S. The fourth-order valence-corrected chi connectivity index (χ4v) is 4.67. The van der Waals surface area contributed by atoms with E-state index < -0.39 is 0 Å². The first-order chi connectivity index (χ1) is 16.0. The zero-order chi connectivity index (χ0) is 22.8. The summed E-state index contributed by atoms with van der Waals surface area (Å²) >= 11 is 1.60. The van der Waals surface area contributed by atoms with Crippen LogP contribution in [0.4, 0.5) is 11.5 Å². The molecular weight excluding hydrogens is 434 g/mol. The van der Waals surface area contributed by atoms with Crippen molar-refractivity contribution >= 4 is 46.3 Å². The van der Waals surface area contributed by atoms with E-state index in [1.165, 1.54) is 0 Å². The summed E-state index contributed by atoms with van der Waals surface area (Å²) in [7, 11) is 0. The van der Waals surface area contributed by atoms with Gasteiger partial charge in [0.1, 0.15) is 0 Å². The van der Waals surface area contributed by atoms with Gasteiger partial charge in [0, 0.05) is 40.3 Å². The number of thioether (sulfide) groups is 1. The van der Waals surface area contributed by atoms with E-state index in [1.54, 1.807) is 18.0 Å². The quantitative estimate of drug-likeness (QED) is 0.298. The minimum absolute atomic E-state index is 0.0397. The van der Waals surface area contributed by atoms with Crippen molar-refractivity contribution in [3.8, 4) is 5.88 Å². The Labute approximate surface area is 195 Å². The number of aryl methyl sites for hydroxylation is 1. The van der Waals surface area contributed by atoms with E-state index in [9.17, 15) is 9.90 Å². The molecule has 0 atom stereocenters. The summed E-state index contributed by atoms with van der Waals surface area (Å²) in [5.41, 5.74) is 5.42. The van der Waals surface area contributed by atoms with Gasteiger partial charge in [-0.15, -0.1) is 11.8 Å². The molecule has 4 N–H and O–H groups in total. The van der Waals surface area contributed by atoms with Crippen LogP contribution in [0.2, 0.25) is 0 Å². The third-order valence-corrected chi connectivity index (χ3v) is 6.55. The molecule has 2 aromatic carbocycles. The first-order valence-corrected chi connectivity index (χ1v) is 11.7. The molecule has 1 aliphatic heterocycles. The number of carbonyl (C=O) groups is 1. The van der Waals surface area contributed by atoms with Crippen molar-refractivity contribution in [1.29, 1.82) is 0 Å². The first-order valence-electron chi connectivity index (χ1n) is 10.7. The SMILES string of the molecule is Cc1cc(N=Cc2c(O)[nH]c3ccc(Cc4ccc(NC(=O)C5=CCCS5)cc4)cc23)n[nH]1. The standard InChI is InChI=1S/C25H23N5O2S/c1-15-11-23(30-29-15)26-14-20-19-13-17(6-9-21(19)28-24(20)31)12-16-4-7-18(8-5-16)27-25(32)22-3-2-10-33-22/h3-9,11,13-14,28,31H,2,10,12H2,1H3,(H,27,32)(H,29,30). The van der Waals surface area contributed by atoms with Crippen LogP contribution >= 0.6 is 11.8 Å². The molecule has 5 rings (SSSR count). The molecule has 0 fully saturated rings. The molecule has 0 unspecified atom stereocenters. The summed E-state index contributed by atoms with van der Waals surface area (Å²) in [6, 6.07) is 15.8. The van der Waals surface area contributed by atoms with Gasteiger partial charge in [-0.1, -0.05) is 24.3 Å². The van der Waals surface area contributed by atoms with Crippen LogP contribution in [0.1, 0.15) is 28.8 Å². The Morgan fingerprint density at radius 3 is 2.76 bits per heavy atom. The number of benzene rings is 2. The summed E-state index contributed by atoms with van der Waals surface area (Å²) < 4.78 is 0. The average Bonchev–Trinajstić information content (AvgIpc) is 3.54. The zero-order valence-corrected chi connectivity index (χ0v) is 18.9. The van der Waals surface area contributed by atoms with Gasteiger partial charge in [0.15, 0.2) is 11.7 Å². The monoisotopic (exact) mass is 457 g/mol. The Hall–Kier alpha value is -3.78. The summed E-state index contributed by atoms with van der Waals surface area (Å²) in [4.78, 5) is 20.4. The number of allylic oxidation sites excluding steroid dienone is 1. The van der Waals surface area contributed by atoms with E-state index in [4.69, 9.17) is 0 Å². The van der Waals surface area contributed by atoms with Crippen molar-refractivity contribution < 1.29 is 9.90 Å². The molecule has 2 aromatic heterocycles. The number of aromatic nitrogens is 3. The number of aromatic hydroxyl groups is 1. The number of amides is 1. The molecule has 1 amide bonds. The highest BCUT2D eigenvalue weighted by atomic mass is 32.2. The Balaban J connectivity index is 1.32. The largest absolute Gasteiger partial charge is 0.494 e. The van der Waals surface area contributed by atoms with Crippen LogP contribution in [0.5, 0.6) is 5.88 Å². The lowest BCUT2D eigenvalue weighted by Crippen LogP contribution is -2.11. The highest BCUT2D eigenvalue weighted by molar-refractivity contribution is 8.04. The van der Waals surface area contributed by atoms with Crippen LogP contribution in [-0.4, -0.2) is 38.2 Å². The van der Waals surface area contributed by atoms with Gasteiger partial charge in [-0.05, 0) is 55.2 Å². The number of aliphatic imine (C=N–C) groups is 1. The molecule has 166 valence electrons. The smallest absolute Gasteiger partial charge is 0.261 e. The number of fused-ring (bicyclic) bond motifs is 1. The molecule has 3 heterocycles. The van der Waals surface area contributed by atoms with Gasteiger partial charge in [-0.2, -0.15) is 5.10 Å². The van der Waals surface area contributed by atoms with Crippen molar-refractivity contribution in [2.24, 2.45) is 4.99 Å². The van der Waals surface area contributed by atoms with Gasteiger partial charge in [0.25, 0.3) is 5.91 Å². The van der Waals surface area contributed by atoms with Crippen molar-refractivity contribution in [2.45, 2.75) is 19.8 Å². The molecule has 0 spiro atoms. The number of nitrogens with one attached hydrogen (secondary N) is 3. The van der Waals surface area contributed by atoms with Crippen LogP contribution in [0.3, 0.4) is 0 Å². The fourth-order valence-electron chi connectivity index (χ4n) is 3.80. The number of nitrogens with zero attached hydrogens (tertiary/aromatic N) is 2. The topological polar surface area (TPSA) is 106 Å². The van der Waals surface area contributed by atoms with E-state index in [2.05, 4.69) is 31.6 Å². The summed E-state index contributed by atoms with van der Waals surface area (Å²) in [6.45, 7) is 1.91. The van der Waals surface area contributed by atoms with E-state index in [1.807, 2.05) is 55.5 Å². The number of hydrogen-bond acceptors (Lipinski definition) is 5. The number of rotatable bonds is 6. The van der Waals surface area contributed by atoms with Crippen LogP contribution in [0.25, 0.3) is 10.9 Å². The maximum atomic E-state index is 12.3. The maximum Gasteiger partial charge on any atom is 0.261 e. The van der Waals surface area contributed by atoms with E-state index >= 15 is 0 Å². The molecule has 33 heavy (non-hydrogen) atoms. The predicted molar refractivity (Wildman–Crippen MR) is 134 cm³/mol. The molecule has 0 radical (unpaired) electrons. The molecule has 8 heteroatoms. The van der Waals surface area contributed by atoms with E-state index in [-0.39, 0.29) is 11.8 Å². The predicted octanol–water partition coefficient (Wildman–Crippen LogP) is 5.21. The van der Waals surface area contributed by atoms with Gasteiger partial charge in [0.05, 0.1) is 10.5 Å². The van der Waals surface area contributed by atoms with Crippen molar-refractivity contribution in [3.05, 3.63) is 81.9 Å². The van der Waals surface area contributed by atoms with Crippen molar-refractivity contribution in [2.75, 3.05) is 11.1 Å². The Kier molecular flexibility index (Phi) is 5.75. The first kappa shape index (κ1) is 21.1. The summed E-state index contributed by atoms with van der Waals surface area (Å²) in [5.74, 6) is 1.57. The van der Waals surface area contributed by atoms with Crippen molar-refractivity contribution in [3.63, 3.8) is 0 Å². The lowest BCUT2D eigenvalue weighted by atomic mass is 10.0. The number of hydrogen-bond donors (Lipinski definition) is 4. The fraction of sp³-hybridized carbons (Fsp3) is 0.160. The lowest BCUT2D eigenvalue weighted by Gasteiger charge is -2.07. The second-order valence-corrected chi connectivity index (χ2v) is 9.10. The number of carbonyl (C=O) groups excluding carboxylic acids is 1. The van der Waals surface area contributed by atoms with E-state index in [0.29, 0.717) is 11.4 Å². The maximum absolute atomic E-state index is 12.3. The highest BCUT2D eigenvalue weighted by Gasteiger charge is 2.14. The molecule has 0 saturated heterocycles. The Bertz CT molecular complexity index is 1380. The number of H-pyrrole nitrogens is 2. The molecule has 0 saturated carbocycles. The van der Waals surface area contributed by atoms with Gasteiger partial charge >= 0.3 is 0 Å². The highest BCUT2D eigenvalue weighted by Crippen LogP contribution is 2.29. The van der Waals surface area contributed by atoms with E-state index in [0.717, 1.165) is 56.9 Å². The molecule has 4 aromatic rings. The van der Waals surface area contributed by atoms with Crippen LogP contribution in [-0.2, 0) is 11.2 Å². The van der Waals surface area contributed by atoms with Crippen LogP contribution in [0.15, 0.2) is 64.5 Å². The van der Waals surface area contributed by atoms with Crippen LogP contribution < -0.4 is 5.32 Å². The minimum atomic E-state index is -0.0397. The Morgan fingerprint density at radius 1 is 1.21 bits per heavy atom. The second kappa shape index (κ2) is 8.99. The minimum Gasteiger partial charge on any atom is -0.494 e. The average molecular weight is 458 g/mol. The molecule has 1 aliphatic rings. The zero-order valence-electron chi connectivity index (χ0n) is 18.1. The summed E-state index contributed by atoms with van der Waals surface area (Å²) in [5, 5.41) is 21.2. The number of anilines is 1. The van der Waals surface area contributed by atoms with Gasteiger partial charge in [-0.3, -0.25) is 9.89 Å². The third-order valence-electron chi connectivity index (χ3n) is 5.45. The van der Waals surface area contributed by atoms with Gasteiger partial charge < -0.3 is 15.4 Å².